The first-order chi connectivity index (χ1) is 4.22. The molecule has 0 heterocycles. The van der Waals surface area contributed by atoms with E-state index in [1.54, 1.807) is 0 Å². The van der Waals surface area contributed by atoms with Crippen LogP contribution in [0.15, 0.2) is 5.18 Å². The highest BCUT2D eigenvalue weighted by atomic mass is 16.4. The van der Waals surface area contributed by atoms with Gasteiger partial charge in [0.15, 0.2) is 0 Å². The zero-order chi connectivity index (χ0) is 7.28. The molecule has 0 bridgehead atoms. The summed E-state index contributed by atoms with van der Waals surface area (Å²) in [4.78, 5) is 9.43. The molecule has 0 aromatic rings. The topological polar surface area (TPSA) is 90.1 Å². The van der Waals surface area contributed by atoms with Gasteiger partial charge in [-0.3, -0.25) is 0 Å². The molecule has 0 saturated carbocycles. The third-order valence-corrected chi connectivity index (χ3v) is 0.893. The first-order valence-electron chi connectivity index (χ1n) is 2.48. The summed E-state index contributed by atoms with van der Waals surface area (Å²) in [6, 6.07) is 0. The van der Waals surface area contributed by atoms with Gasteiger partial charge in [-0.05, 0) is 0 Å². The van der Waals surface area contributed by atoms with Crippen LogP contribution in [0.25, 0.3) is 0 Å². The minimum absolute atomic E-state index is 0.387. The first-order valence-corrected chi connectivity index (χ1v) is 2.48. The maximum Gasteiger partial charge on any atom is 0.110 e. The second-order valence-electron chi connectivity index (χ2n) is 1.63. The molecular formula is C4H9NO4. The van der Waals surface area contributed by atoms with Crippen LogP contribution in [0.3, 0.4) is 0 Å². The molecule has 0 aliphatic rings. The quantitative estimate of drug-likeness (QED) is 0.408. The highest BCUT2D eigenvalue weighted by Crippen LogP contribution is 1.91. The molecule has 0 aliphatic carbocycles. The van der Waals surface area contributed by atoms with Crippen LogP contribution in [0.2, 0.25) is 0 Å². The van der Waals surface area contributed by atoms with E-state index in [0.717, 1.165) is 0 Å². The van der Waals surface area contributed by atoms with Crippen molar-refractivity contribution in [1.29, 1.82) is 0 Å². The van der Waals surface area contributed by atoms with Crippen LogP contribution in [0, 0.1) is 4.91 Å². The molecule has 0 saturated heterocycles. The highest BCUT2D eigenvalue weighted by Gasteiger charge is 2.14. The van der Waals surface area contributed by atoms with Gasteiger partial charge >= 0.3 is 0 Å². The minimum atomic E-state index is -1.26. The molecule has 5 nitrogen and oxygen atoms in total. The molecule has 0 unspecified atom stereocenters. The number of hydrogen-bond acceptors (Lipinski definition) is 5. The Morgan fingerprint density at radius 1 is 1.33 bits per heavy atom. The van der Waals surface area contributed by atoms with Gasteiger partial charge in [-0.25, -0.2) is 0 Å². The van der Waals surface area contributed by atoms with Crippen LogP contribution in [0.1, 0.15) is 0 Å². The molecule has 9 heavy (non-hydrogen) atoms. The van der Waals surface area contributed by atoms with Crippen LogP contribution in [-0.4, -0.2) is 40.7 Å². The fraction of sp³-hybridized carbons (Fsp3) is 1.00. The summed E-state index contributed by atoms with van der Waals surface area (Å²) < 4.78 is 0. The van der Waals surface area contributed by atoms with Gasteiger partial charge in [0.25, 0.3) is 0 Å². The molecule has 5 heteroatoms. The van der Waals surface area contributed by atoms with E-state index in [-0.39, 0.29) is 6.54 Å². The van der Waals surface area contributed by atoms with Crippen molar-refractivity contribution < 1.29 is 15.3 Å². The van der Waals surface area contributed by atoms with Crippen molar-refractivity contribution >= 4 is 0 Å². The van der Waals surface area contributed by atoms with Crippen molar-refractivity contribution in [3.8, 4) is 0 Å². The third-order valence-electron chi connectivity index (χ3n) is 0.893. The predicted octanol–water partition coefficient (Wildman–Crippen LogP) is -1.53. The summed E-state index contributed by atoms with van der Waals surface area (Å²) in [5.41, 5.74) is 0. The van der Waals surface area contributed by atoms with Crippen LogP contribution >= 0.6 is 0 Å². The summed E-state index contributed by atoms with van der Waals surface area (Å²) in [6.45, 7) is -0.946. The smallest absolute Gasteiger partial charge is 0.110 e. The average molecular weight is 135 g/mol. The zero-order valence-corrected chi connectivity index (χ0v) is 4.77. The number of nitroso groups, excluding NO2 is 1. The van der Waals surface area contributed by atoms with Gasteiger partial charge < -0.3 is 15.3 Å². The molecule has 0 radical (unpaired) electrons. The molecule has 0 fully saturated rings. The Labute approximate surface area is 51.9 Å². The summed E-state index contributed by atoms with van der Waals surface area (Å²) in [5.74, 6) is 0. The Bertz CT molecular complexity index is 86.6. The fourth-order valence-electron chi connectivity index (χ4n) is 0.320. The Hall–Kier alpha value is -0.520. The van der Waals surface area contributed by atoms with E-state index in [9.17, 15) is 4.91 Å². The Balaban J connectivity index is 3.44. The molecule has 0 aliphatic heterocycles. The van der Waals surface area contributed by atoms with E-state index in [0.29, 0.717) is 0 Å². The number of nitrogens with zero attached hydrogens (tertiary/aromatic N) is 1. The lowest BCUT2D eigenvalue weighted by atomic mass is 10.2. The van der Waals surface area contributed by atoms with Crippen LogP contribution in [-0.2, 0) is 0 Å². The fourth-order valence-corrected chi connectivity index (χ4v) is 0.320. The van der Waals surface area contributed by atoms with Crippen molar-refractivity contribution in [3.63, 3.8) is 0 Å². The lowest BCUT2D eigenvalue weighted by Gasteiger charge is -2.10. The first kappa shape index (κ1) is 8.48. The van der Waals surface area contributed by atoms with E-state index in [1.807, 2.05) is 0 Å². The molecule has 0 rings (SSSR count). The normalized spacial score (nSPS) is 16.8. The molecule has 0 aromatic heterocycles. The monoisotopic (exact) mass is 135 g/mol. The van der Waals surface area contributed by atoms with Crippen molar-refractivity contribution in [1.82, 2.24) is 0 Å². The van der Waals surface area contributed by atoms with Gasteiger partial charge in [-0.1, -0.05) is 5.18 Å². The van der Waals surface area contributed by atoms with Gasteiger partial charge in [0, 0.05) is 0 Å². The number of rotatable bonds is 4. The van der Waals surface area contributed by atoms with E-state index in [4.69, 9.17) is 15.3 Å². The number of aliphatic hydroxyl groups is 3. The number of aliphatic hydroxyl groups excluding tert-OH is 3. The van der Waals surface area contributed by atoms with Gasteiger partial charge in [0.1, 0.15) is 18.8 Å². The molecule has 0 amide bonds. The van der Waals surface area contributed by atoms with Gasteiger partial charge in [-0.15, -0.1) is 0 Å². The van der Waals surface area contributed by atoms with Gasteiger partial charge in [-0.2, -0.15) is 4.91 Å². The maximum absolute atomic E-state index is 9.43. The van der Waals surface area contributed by atoms with E-state index >= 15 is 0 Å². The molecule has 0 spiro atoms. The van der Waals surface area contributed by atoms with E-state index in [2.05, 4.69) is 5.18 Å². The summed E-state index contributed by atoms with van der Waals surface area (Å²) in [5, 5.41) is 27.7. The van der Waals surface area contributed by atoms with E-state index in [1.165, 1.54) is 0 Å². The largest absolute Gasteiger partial charge is 0.394 e. The molecule has 54 valence electrons. The second-order valence-corrected chi connectivity index (χ2v) is 1.63. The molecule has 3 N–H and O–H groups in total. The summed E-state index contributed by atoms with van der Waals surface area (Å²) >= 11 is 0. The maximum atomic E-state index is 9.43. The minimum Gasteiger partial charge on any atom is -0.394 e. The van der Waals surface area contributed by atoms with Crippen molar-refractivity contribution in [3.05, 3.63) is 4.91 Å². The SMILES string of the molecule is O=NC[C@H](O)[C@H](O)CO. The van der Waals surface area contributed by atoms with Crippen molar-refractivity contribution in [2.24, 2.45) is 5.18 Å². The molecule has 0 aromatic carbocycles. The van der Waals surface area contributed by atoms with Crippen LogP contribution < -0.4 is 0 Å². The second kappa shape index (κ2) is 4.37. The lowest BCUT2D eigenvalue weighted by molar-refractivity contribution is -0.00884. The zero-order valence-electron chi connectivity index (χ0n) is 4.77. The van der Waals surface area contributed by atoms with Gasteiger partial charge in [0.05, 0.1) is 6.61 Å². The van der Waals surface area contributed by atoms with Crippen LogP contribution in [0.4, 0.5) is 0 Å². The Morgan fingerprint density at radius 2 is 1.89 bits per heavy atom. The van der Waals surface area contributed by atoms with Crippen molar-refractivity contribution in [2.75, 3.05) is 13.2 Å². The standard InChI is InChI=1S/C4H9NO4/c6-2-4(8)3(7)1-5-9/h3-4,6-8H,1-2H2/t3-,4+/m0/s1. The van der Waals surface area contributed by atoms with E-state index < -0.39 is 18.8 Å². The number of hydrogen-bond donors (Lipinski definition) is 3. The summed E-state index contributed by atoms with van der Waals surface area (Å²) in [7, 11) is 0. The molecular weight excluding hydrogens is 126 g/mol. The molecule has 2 atom stereocenters. The van der Waals surface area contributed by atoms with Crippen LogP contribution in [0.5, 0.6) is 0 Å². The van der Waals surface area contributed by atoms with Crippen molar-refractivity contribution in [2.45, 2.75) is 12.2 Å². The van der Waals surface area contributed by atoms with Gasteiger partial charge in [0.2, 0.25) is 0 Å². The third kappa shape index (κ3) is 3.12. The Kier molecular flexibility index (Phi) is 4.12. The lowest BCUT2D eigenvalue weighted by Crippen LogP contribution is -2.31. The highest BCUT2D eigenvalue weighted by molar-refractivity contribution is 4.67. The summed E-state index contributed by atoms with van der Waals surface area (Å²) in [6.07, 6.45) is -2.50. The average Bonchev–Trinajstić information content (AvgIpc) is 1.87. The predicted molar refractivity (Wildman–Crippen MR) is 29.8 cm³/mol. The Morgan fingerprint density at radius 3 is 2.22 bits per heavy atom.